The Morgan fingerprint density at radius 3 is 2.92 bits per heavy atom. The van der Waals surface area contributed by atoms with Gasteiger partial charge in [-0.2, -0.15) is 0 Å². The number of piperidine rings is 1. The van der Waals surface area contributed by atoms with Crippen LogP contribution in [-0.2, 0) is 11.3 Å². The maximum Gasteiger partial charge on any atom is 0.191 e. The van der Waals surface area contributed by atoms with Gasteiger partial charge in [0.1, 0.15) is 12.4 Å². The van der Waals surface area contributed by atoms with Crippen LogP contribution in [0.3, 0.4) is 0 Å². The highest BCUT2D eigenvalue weighted by Crippen LogP contribution is 2.07. The second kappa shape index (κ2) is 11.9. The van der Waals surface area contributed by atoms with Crippen LogP contribution in [0.15, 0.2) is 27.8 Å². The molecular formula is C18H32N4O2. The quantitative estimate of drug-likeness (QED) is 0.390. The van der Waals surface area contributed by atoms with Crippen molar-refractivity contribution in [1.29, 1.82) is 0 Å². The zero-order valence-electron chi connectivity index (χ0n) is 14.9. The molecule has 1 saturated heterocycles. The van der Waals surface area contributed by atoms with E-state index >= 15 is 0 Å². The molecule has 1 fully saturated rings. The Kier molecular flexibility index (Phi) is 9.34. The third-order valence-corrected chi connectivity index (χ3v) is 4.05. The van der Waals surface area contributed by atoms with Gasteiger partial charge in [-0.15, -0.1) is 0 Å². The van der Waals surface area contributed by atoms with Crippen molar-refractivity contribution in [3.63, 3.8) is 0 Å². The third-order valence-electron chi connectivity index (χ3n) is 4.05. The van der Waals surface area contributed by atoms with Gasteiger partial charge in [0.15, 0.2) is 5.96 Å². The Balaban J connectivity index is 1.55. The fraction of sp³-hybridized carbons (Fsp3) is 0.722. The summed E-state index contributed by atoms with van der Waals surface area (Å²) in [7, 11) is 0. The third kappa shape index (κ3) is 7.84. The van der Waals surface area contributed by atoms with Gasteiger partial charge in [0.05, 0.1) is 6.26 Å². The average Bonchev–Trinajstić information content (AvgIpc) is 3.12. The number of likely N-dealkylation sites (tertiary alicyclic amines) is 1. The summed E-state index contributed by atoms with van der Waals surface area (Å²) in [4.78, 5) is 7.13. The van der Waals surface area contributed by atoms with Gasteiger partial charge < -0.3 is 24.7 Å². The van der Waals surface area contributed by atoms with E-state index in [1.54, 1.807) is 6.26 Å². The average molecular weight is 336 g/mol. The van der Waals surface area contributed by atoms with E-state index in [0.29, 0.717) is 13.2 Å². The number of ether oxygens (including phenoxy) is 1. The molecule has 0 radical (unpaired) electrons. The molecule has 136 valence electrons. The smallest absolute Gasteiger partial charge is 0.191 e. The Bertz CT molecular complexity index is 442. The molecule has 2 heterocycles. The van der Waals surface area contributed by atoms with Crippen molar-refractivity contribution in [1.82, 2.24) is 15.5 Å². The van der Waals surface area contributed by atoms with Crippen molar-refractivity contribution in [2.75, 3.05) is 45.9 Å². The number of aliphatic imine (C=N–C) groups is 1. The molecule has 0 saturated carbocycles. The lowest BCUT2D eigenvalue weighted by molar-refractivity contribution is 0.105. The van der Waals surface area contributed by atoms with Crippen LogP contribution < -0.4 is 10.6 Å². The minimum absolute atomic E-state index is 0.533. The molecule has 0 aromatic carbocycles. The lowest BCUT2D eigenvalue weighted by Gasteiger charge is -2.26. The highest BCUT2D eigenvalue weighted by atomic mass is 16.5. The summed E-state index contributed by atoms with van der Waals surface area (Å²) in [5, 5.41) is 6.72. The molecule has 0 bridgehead atoms. The number of guanidine groups is 1. The summed E-state index contributed by atoms with van der Waals surface area (Å²) >= 11 is 0. The van der Waals surface area contributed by atoms with Crippen LogP contribution in [0.4, 0.5) is 0 Å². The zero-order valence-corrected chi connectivity index (χ0v) is 14.9. The van der Waals surface area contributed by atoms with Gasteiger partial charge in [0, 0.05) is 32.8 Å². The van der Waals surface area contributed by atoms with Crippen molar-refractivity contribution in [3.8, 4) is 0 Å². The predicted octanol–water partition coefficient (Wildman–Crippen LogP) is 2.23. The maximum atomic E-state index is 5.57. The van der Waals surface area contributed by atoms with Crippen LogP contribution in [0, 0.1) is 0 Å². The van der Waals surface area contributed by atoms with E-state index in [9.17, 15) is 0 Å². The summed E-state index contributed by atoms with van der Waals surface area (Å²) in [6.07, 6.45) is 6.64. The molecule has 1 aliphatic rings. The summed E-state index contributed by atoms with van der Waals surface area (Å²) < 4.78 is 10.8. The van der Waals surface area contributed by atoms with Gasteiger partial charge in [0.2, 0.25) is 0 Å². The molecule has 1 aromatic rings. The first-order valence-corrected chi connectivity index (χ1v) is 9.23. The molecule has 0 spiro atoms. The molecule has 6 heteroatoms. The fourth-order valence-corrected chi connectivity index (χ4v) is 2.78. The monoisotopic (exact) mass is 336 g/mol. The number of rotatable bonds is 10. The Labute approximate surface area is 145 Å². The molecule has 0 unspecified atom stereocenters. The lowest BCUT2D eigenvalue weighted by atomic mass is 10.1. The first-order valence-electron chi connectivity index (χ1n) is 9.23. The van der Waals surface area contributed by atoms with Gasteiger partial charge in [-0.05, 0) is 51.4 Å². The largest absolute Gasteiger partial charge is 0.467 e. The van der Waals surface area contributed by atoms with E-state index in [-0.39, 0.29) is 0 Å². The van der Waals surface area contributed by atoms with Crippen LogP contribution in [-0.4, -0.2) is 56.7 Å². The van der Waals surface area contributed by atoms with Crippen LogP contribution in [0.25, 0.3) is 0 Å². The summed E-state index contributed by atoms with van der Waals surface area (Å²) in [6.45, 7) is 9.47. The molecule has 1 aliphatic heterocycles. The van der Waals surface area contributed by atoms with E-state index in [1.165, 1.54) is 32.4 Å². The SMILES string of the molecule is CCNC(=NCCCOCc1ccco1)NCCN1CCCCC1. The standard InChI is InChI=1S/C18H32N4O2/c1-2-19-18(21-10-13-22-11-4-3-5-12-22)20-9-7-14-23-16-17-8-6-15-24-17/h6,8,15H,2-5,7,9-14,16H2,1H3,(H2,19,20,21). The molecule has 0 amide bonds. The summed E-state index contributed by atoms with van der Waals surface area (Å²) in [5.74, 6) is 1.77. The molecule has 6 nitrogen and oxygen atoms in total. The lowest BCUT2D eigenvalue weighted by Crippen LogP contribution is -2.42. The second-order valence-electron chi connectivity index (χ2n) is 6.08. The topological polar surface area (TPSA) is 62.0 Å². The molecule has 24 heavy (non-hydrogen) atoms. The molecular weight excluding hydrogens is 304 g/mol. The minimum atomic E-state index is 0.533. The number of nitrogens with one attached hydrogen (secondary N) is 2. The molecule has 0 atom stereocenters. The Morgan fingerprint density at radius 2 is 2.17 bits per heavy atom. The van der Waals surface area contributed by atoms with E-state index < -0.39 is 0 Å². The zero-order chi connectivity index (χ0) is 16.9. The number of hydrogen-bond acceptors (Lipinski definition) is 4. The van der Waals surface area contributed by atoms with Crippen LogP contribution in [0.5, 0.6) is 0 Å². The maximum absolute atomic E-state index is 5.57. The van der Waals surface area contributed by atoms with Gasteiger partial charge >= 0.3 is 0 Å². The molecule has 2 rings (SSSR count). The summed E-state index contributed by atoms with van der Waals surface area (Å²) in [6, 6.07) is 3.80. The van der Waals surface area contributed by atoms with Crippen molar-refractivity contribution >= 4 is 5.96 Å². The van der Waals surface area contributed by atoms with Gasteiger partial charge in [-0.25, -0.2) is 0 Å². The minimum Gasteiger partial charge on any atom is -0.467 e. The molecule has 2 N–H and O–H groups in total. The normalized spacial score (nSPS) is 16.3. The van der Waals surface area contributed by atoms with Crippen molar-refractivity contribution in [2.24, 2.45) is 4.99 Å². The van der Waals surface area contributed by atoms with Gasteiger partial charge in [0.25, 0.3) is 0 Å². The highest BCUT2D eigenvalue weighted by molar-refractivity contribution is 5.79. The van der Waals surface area contributed by atoms with Crippen molar-refractivity contribution in [3.05, 3.63) is 24.2 Å². The van der Waals surface area contributed by atoms with Crippen molar-refractivity contribution < 1.29 is 9.15 Å². The van der Waals surface area contributed by atoms with E-state index in [1.807, 2.05) is 12.1 Å². The first-order chi connectivity index (χ1) is 11.9. The van der Waals surface area contributed by atoms with E-state index in [4.69, 9.17) is 9.15 Å². The molecule has 0 aliphatic carbocycles. The second-order valence-corrected chi connectivity index (χ2v) is 6.08. The van der Waals surface area contributed by atoms with Gasteiger partial charge in [-0.1, -0.05) is 6.42 Å². The van der Waals surface area contributed by atoms with Crippen LogP contribution in [0.2, 0.25) is 0 Å². The van der Waals surface area contributed by atoms with Gasteiger partial charge in [-0.3, -0.25) is 4.99 Å². The fourth-order valence-electron chi connectivity index (χ4n) is 2.78. The number of nitrogens with zero attached hydrogens (tertiary/aromatic N) is 2. The Morgan fingerprint density at radius 1 is 1.29 bits per heavy atom. The predicted molar refractivity (Wildman–Crippen MR) is 97.3 cm³/mol. The first kappa shape index (κ1) is 18.8. The van der Waals surface area contributed by atoms with Crippen LogP contribution in [0.1, 0.15) is 38.4 Å². The Hall–Kier alpha value is -1.53. The summed E-state index contributed by atoms with van der Waals surface area (Å²) in [5.41, 5.74) is 0. The van der Waals surface area contributed by atoms with E-state index in [0.717, 1.165) is 44.3 Å². The highest BCUT2D eigenvalue weighted by Gasteiger charge is 2.09. The number of furan rings is 1. The number of hydrogen-bond donors (Lipinski definition) is 2. The molecule has 1 aromatic heterocycles. The van der Waals surface area contributed by atoms with Crippen LogP contribution >= 0.6 is 0 Å². The van der Waals surface area contributed by atoms with Crippen molar-refractivity contribution in [2.45, 2.75) is 39.2 Å². The van der Waals surface area contributed by atoms with E-state index in [2.05, 4.69) is 27.4 Å².